The van der Waals surface area contributed by atoms with Crippen molar-refractivity contribution in [3.8, 4) is 5.75 Å². The molecular formula is C31H39F3N4O4. The minimum atomic E-state index is -4.26. The minimum absolute atomic E-state index is 0.0320. The van der Waals surface area contributed by atoms with Gasteiger partial charge in [0, 0.05) is 74.4 Å². The average molecular weight is 589 g/mol. The fourth-order valence-corrected chi connectivity index (χ4v) is 5.92. The average Bonchev–Trinajstić information content (AvgIpc) is 3.64. The number of fused-ring (bicyclic) bond motifs is 1. The number of methoxy groups -OCH3 is 1. The maximum absolute atomic E-state index is 13.1. The van der Waals surface area contributed by atoms with Gasteiger partial charge in [-0.2, -0.15) is 13.2 Å². The van der Waals surface area contributed by atoms with Crippen LogP contribution in [-0.4, -0.2) is 77.8 Å². The first-order valence-electron chi connectivity index (χ1n) is 14.4. The summed E-state index contributed by atoms with van der Waals surface area (Å²) in [6.45, 7) is 8.09. The summed E-state index contributed by atoms with van der Waals surface area (Å²) >= 11 is 0. The molecule has 1 aromatic heterocycles. The van der Waals surface area contributed by atoms with Gasteiger partial charge in [-0.05, 0) is 48.7 Å². The number of aromatic carboxylic acids is 1. The number of carbonyl (C=O) groups is 2. The van der Waals surface area contributed by atoms with Crippen molar-refractivity contribution < 1.29 is 32.6 Å². The topological polar surface area (TPSA) is 89.1 Å². The Morgan fingerprint density at radius 2 is 1.90 bits per heavy atom. The van der Waals surface area contributed by atoms with Gasteiger partial charge < -0.3 is 19.7 Å². The second kappa shape index (κ2) is 13.2. The summed E-state index contributed by atoms with van der Waals surface area (Å²) in [4.78, 5) is 33.4. The van der Waals surface area contributed by atoms with Crippen molar-refractivity contribution in [3.05, 3.63) is 58.8 Å². The number of hydrogen-bond acceptors (Lipinski definition) is 5. The zero-order valence-corrected chi connectivity index (χ0v) is 24.6. The maximum Gasteiger partial charge on any atom is 0.390 e. The summed E-state index contributed by atoms with van der Waals surface area (Å²) in [5, 5.41) is 10.8. The molecule has 5 rings (SSSR count). The fourth-order valence-electron chi connectivity index (χ4n) is 5.92. The molecule has 42 heavy (non-hydrogen) atoms. The van der Waals surface area contributed by atoms with E-state index in [1.54, 1.807) is 24.1 Å². The van der Waals surface area contributed by atoms with Crippen LogP contribution in [0.3, 0.4) is 0 Å². The zero-order chi connectivity index (χ0) is 30.6. The van der Waals surface area contributed by atoms with Crippen molar-refractivity contribution in [1.82, 2.24) is 14.8 Å². The van der Waals surface area contributed by atoms with E-state index in [9.17, 15) is 27.9 Å². The SMILES string of the molecule is CC.COc1cc(C)c2[nH]ccc2c1CN1CCN(CCC(F)(F)F)CC1c1ccc(C(=O)O)c(N2CCCC2=O)c1. The molecule has 3 heterocycles. The molecule has 1 atom stereocenters. The number of rotatable bonds is 8. The Balaban J connectivity index is 0.00000198. The molecule has 2 saturated heterocycles. The summed E-state index contributed by atoms with van der Waals surface area (Å²) in [5.74, 6) is -0.536. The number of aromatic amines is 1. The van der Waals surface area contributed by atoms with Gasteiger partial charge in [-0.25, -0.2) is 4.79 Å². The van der Waals surface area contributed by atoms with Crippen molar-refractivity contribution in [3.63, 3.8) is 0 Å². The first-order chi connectivity index (χ1) is 20.1. The van der Waals surface area contributed by atoms with Crippen molar-refractivity contribution in [2.45, 2.75) is 58.8 Å². The number of aromatic nitrogens is 1. The Morgan fingerprint density at radius 3 is 2.55 bits per heavy atom. The molecule has 2 aliphatic rings. The first kappa shape index (κ1) is 31.4. The number of piperazine rings is 1. The molecule has 1 amide bonds. The number of alkyl halides is 3. The van der Waals surface area contributed by atoms with E-state index in [0.717, 1.165) is 33.3 Å². The number of benzene rings is 2. The lowest BCUT2D eigenvalue weighted by Crippen LogP contribution is -2.48. The molecule has 1 unspecified atom stereocenters. The predicted octanol–water partition coefficient (Wildman–Crippen LogP) is 6.15. The maximum atomic E-state index is 13.1. The molecule has 0 spiro atoms. The van der Waals surface area contributed by atoms with E-state index in [4.69, 9.17) is 4.74 Å². The Labute approximate surface area is 244 Å². The summed E-state index contributed by atoms with van der Waals surface area (Å²) in [6, 6.07) is 8.59. The van der Waals surface area contributed by atoms with Gasteiger partial charge in [-0.15, -0.1) is 0 Å². The summed E-state index contributed by atoms with van der Waals surface area (Å²) < 4.78 is 44.9. The molecule has 2 N–H and O–H groups in total. The van der Waals surface area contributed by atoms with Crippen LogP contribution in [0, 0.1) is 6.92 Å². The number of ether oxygens (including phenoxy) is 1. The Morgan fingerprint density at radius 1 is 1.14 bits per heavy atom. The van der Waals surface area contributed by atoms with Gasteiger partial charge >= 0.3 is 12.1 Å². The van der Waals surface area contributed by atoms with Crippen LogP contribution in [0.25, 0.3) is 10.9 Å². The van der Waals surface area contributed by atoms with E-state index >= 15 is 0 Å². The third kappa shape index (κ3) is 6.73. The monoisotopic (exact) mass is 588 g/mol. The smallest absolute Gasteiger partial charge is 0.390 e. The van der Waals surface area contributed by atoms with Crippen LogP contribution in [0.1, 0.15) is 66.2 Å². The number of anilines is 1. The Hall–Kier alpha value is -3.57. The van der Waals surface area contributed by atoms with Gasteiger partial charge in [-0.3, -0.25) is 14.6 Å². The van der Waals surface area contributed by atoms with Gasteiger partial charge in [0.2, 0.25) is 5.91 Å². The minimum Gasteiger partial charge on any atom is -0.496 e. The lowest BCUT2D eigenvalue weighted by molar-refractivity contribution is -0.139. The second-order valence-electron chi connectivity index (χ2n) is 10.5. The molecule has 11 heteroatoms. The number of halogens is 3. The van der Waals surface area contributed by atoms with E-state index < -0.39 is 18.6 Å². The number of carbonyl (C=O) groups excluding carboxylic acids is 1. The van der Waals surface area contributed by atoms with E-state index in [0.29, 0.717) is 51.3 Å². The third-order valence-corrected chi connectivity index (χ3v) is 7.98. The molecule has 0 radical (unpaired) electrons. The fraction of sp³-hybridized carbons (Fsp3) is 0.484. The molecule has 0 aliphatic carbocycles. The number of carboxylic acids is 1. The van der Waals surface area contributed by atoms with E-state index in [2.05, 4.69) is 9.88 Å². The van der Waals surface area contributed by atoms with Crippen molar-refractivity contribution in [2.24, 2.45) is 0 Å². The van der Waals surface area contributed by atoms with Gasteiger partial charge in [-0.1, -0.05) is 19.9 Å². The molecular weight excluding hydrogens is 549 g/mol. The predicted molar refractivity (Wildman–Crippen MR) is 156 cm³/mol. The van der Waals surface area contributed by atoms with Crippen molar-refractivity contribution in [1.29, 1.82) is 0 Å². The van der Waals surface area contributed by atoms with Crippen LogP contribution >= 0.6 is 0 Å². The van der Waals surface area contributed by atoms with Gasteiger partial charge in [0.15, 0.2) is 0 Å². The second-order valence-corrected chi connectivity index (χ2v) is 10.5. The van der Waals surface area contributed by atoms with Gasteiger partial charge in [0.25, 0.3) is 0 Å². The van der Waals surface area contributed by atoms with Gasteiger partial charge in [0.1, 0.15) is 5.75 Å². The number of carboxylic acid groups (broad SMARTS) is 1. The van der Waals surface area contributed by atoms with Crippen LogP contribution in [-0.2, 0) is 11.3 Å². The number of nitrogens with zero attached hydrogens (tertiary/aromatic N) is 3. The van der Waals surface area contributed by atoms with Crippen molar-refractivity contribution >= 4 is 28.5 Å². The highest BCUT2D eigenvalue weighted by Gasteiger charge is 2.34. The van der Waals surface area contributed by atoms with E-state index in [1.807, 2.05) is 39.1 Å². The summed E-state index contributed by atoms with van der Waals surface area (Å²) in [5.41, 5.74) is 4.13. The lowest BCUT2D eigenvalue weighted by atomic mass is 9.97. The van der Waals surface area contributed by atoms with Crippen LogP contribution in [0.4, 0.5) is 18.9 Å². The Kier molecular flexibility index (Phi) is 9.83. The van der Waals surface area contributed by atoms with E-state index in [1.165, 1.54) is 11.0 Å². The summed E-state index contributed by atoms with van der Waals surface area (Å²) in [6.07, 6.45) is -2.29. The lowest BCUT2D eigenvalue weighted by Gasteiger charge is -2.42. The molecule has 3 aromatic rings. The normalized spacial score (nSPS) is 18.3. The molecule has 0 saturated carbocycles. The van der Waals surface area contributed by atoms with Crippen molar-refractivity contribution in [2.75, 3.05) is 44.7 Å². The number of hydrogen-bond donors (Lipinski definition) is 2. The quantitative estimate of drug-likeness (QED) is 0.328. The van der Waals surface area contributed by atoms with Gasteiger partial charge in [0.05, 0.1) is 24.8 Å². The summed E-state index contributed by atoms with van der Waals surface area (Å²) in [7, 11) is 1.62. The molecule has 2 fully saturated rings. The third-order valence-electron chi connectivity index (χ3n) is 7.98. The molecule has 2 aromatic carbocycles. The molecule has 228 valence electrons. The molecule has 0 bridgehead atoms. The zero-order valence-electron chi connectivity index (χ0n) is 24.6. The highest BCUT2D eigenvalue weighted by molar-refractivity contribution is 6.03. The Bertz CT molecular complexity index is 1420. The number of aryl methyl sites for hydroxylation is 1. The largest absolute Gasteiger partial charge is 0.496 e. The first-order valence-corrected chi connectivity index (χ1v) is 14.4. The standard InChI is InChI=1S/C29H33F3N4O4.C2H6/c1-18-14-25(40-2)22(20-7-9-33-27(18)20)16-35-13-12-34(11-8-29(30,31)32)17-24(35)19-5-6-21(28(38)39)23(15-19)36-10-3-4-26(36)37;1-2/h5-7,9,14-15,24,33H,3-4,8,10-13,16-17H2,1-2H3,(H,38,39);1-2H3. The highest BCUT2D eigenvalue weighted by atomic mass is 19.4. The molecule has 2 aliphatic heterocycles. The van der Waals surface area contributed by atoms with Crippen LogP contribution < -0.4 is 9.64 Å². The van der Waals surface area contributed by atoms with Crippen LogP contribution in [0.2, 0.25) is 0 Å². The van der Waals surface area contributed by atoms with Crippen LogP contribution in [0.5, 0.6) is 5.75 Å². The number of nitrogens with one attached hydrogen (secondary N) is 1. The number of H-pyrrole nitrogens is 1. The highest BCUT2D eigenvalue weighted by Crippen LogP contribution is 2.37. The van der Waals surface area contributed by atoms with Crippen LogP contribution in [0.15, 0.2) is 36.5 Å². The number of amides is 1. The molecule has 8 nitrogen and oxygen atoms in total. The van der Waals surface area contributed by atoms with E-state index in [-0.39, 0.29) is 24.1 Å².